The van der Waals surface area contributed by atoms with E-state index >= 15 is 0 Å². The van der Waals surface area contributed by atoms with Crippen molar-refractivity contribution < 1.29 is 4.79 Å². The molecule has 0 radical (unpaired) electrons. The fraction of sp³-hybridized carbons (Fsp3) is 0.611. The normalized spacial score (nSPS) is 18.0. The molecule has 0 spiro atoms. The van der Waals surface area contributed by atoms with E-state index in [4.69, 9.17) is 0 Å². The molecule has 1 amide bonds. The summed E-state index contributed by atoms with van der Waals surface area (Å²) in [6.45, 7) is 8.78. The molecular formula is C18H28N6O. The first-order chi connectivity index (χ1) is 11.9. The zero-order valence-electron chi connectivity index (χ0n) is 15.8. The van der Waals surface area contributed by atoms with Crippen LogP contribution in [0.25, 0.3) is 0 Å². The molecule has 1 aliphatic rings. The molecule has 7 heteroatoms. The number of fused-ring (bicyclic) bond motifs is 1. The summed E-state index contributed by atoms with van der Waals surface area (Å²) in [6, 6.07) is -0.110. The second-order valence-electron chi connectivity index (χ2n) is 6.85. The highest BCUT2D eigenvalue weighted by atomic mass is 16.2. The summed E-state index contributed by atoms with van der Waals surface area (Å²) in [5, 5.41) is 15.3. The molecule has 25 heavy (non-hydrogen) atoms. The van der Waals surface area contributed by atoms with Crippen LogP contribution >= 0.6 is 0 Å². The highest BCUT2D eigenvalue weighted by Crippen LogP contribution is 2.30. The average Bonchev–Trinajstić information content (AvgIpc) is 3.11. The lowest BCUT2D eigenvalue weighted by Crippen LogP contribution is -2.41. The van der Waals surface area contributed by atoms with E-state index in [9.17, 15) is 4.79 Å². The fourth-order valence-corrected chi connectivity index (χ4v) is 3.63. The van der Waals surface area contributed by atoms with Crippen LogP contribution in [0.1, 0.15) is 55.4 Å². The Morgan fingerprint density at radius 3 is 2.84 bits per heavy atom. The molecule has 0 saturated carbocycles. The minimum Gasteiger partial charge on any atom is -0.322 e. The van der Waals surface area contributed by atoms with Gasteiger partial charge in [-0.2, -0.15) is 10.2 Å². The number of rotatable bonds is 5. The van der Waals surface area contributed by atoms with E-state index in [2.05, 4.69) is 32.4 Å². The number of carbonyl (C=O) groups excluding carboxylic acids is 1. The summed E-state index contributed by atoms with van der Waals surface area (Å²) in [5.74, 6) is -0.0331. The molecule has 0 fully saturated rings. The SMILES string of the molecule is CCn1ncc2c1CCC[C@H]2N[C@@H](C)C(=O)Nc1c(C)nn(C)c1C. The van der Waals surface area contributed by atoms with Gasteiger partial charge in [-0.25, -0.2) is 0 Å². The number of aryl methyl sites for hydroxylation is 3. The van der Waals surface area contributed by atoms with Crippen LogP contribution in [0.2, 0.25) is 0 Å². The Morgan fingerprint density at radius 2 is 2.20 bits per heavy atom. The zero-order valence-corrected chi connectivity index (χ0v) is 15.8. The molecule has 3 rings (SSSR count). The molecule has 7 nitrogen and oxygen atoms in total. The van der Waals surface area contributed by atoms with Crippen LogP contribution in [0.15, 0.2) is 6.20 Å². The maximum Gasteiger partial charge on any atom is 0.241 e. The Morgan fingerprint density at radius 1 is 1.44 bits per heavy atom. The van der Waals surface area contributed by atoms with Crippen molar-refractivity contribution in [1.29, 1.82) is 0 Å². The summed E-state index contributed by atoms with van der Waals surface area (Å²) in [7, 11) is 1.88. The van der Waals surface area contributed by atoms with Crippen molar-refractivity contribution in [2.75, 3.05) is 5.32 Å². The minimum atomic E-state index is -0.292. The third-order valence-corrected chi connectivity index (χ3v) is 5.16. The Labute approximate surface area is 148 Å². The summed E-state index contributed by atoms with van der Waals surface area (Å²) in [4.78, 5) is 12.6. The van der Waals surface area contributed by atoms with Crippen LogP contribution in [0.4, 0.5) is 5.69 Å². The van der Waals surface area contributed by atoms with Gasteiger partial charge in [0.25, 0.3) is 0 Å². The number of nitrogens with zero attached hydrogens (tertiary/aromatic N) is 4. The Balaban J connectivity index is 1.69. The monoisotopic (exact) mass is 344 g/mol. The predicted octanol–water partition coefficient (Wildman–Crippen LogP) is 2.25. The van der Waals surface area contributed by atoms with E-state index in [1.54, 1.807) is 4.68 Å². The van der Waals surface area contributed by atoms with E-state index in [-0.39, 0.29) is 18.0 Å². The average molecular weight is 344 g/mol. The van der Waals surface area contributed by atoms with Gasteiger partial charge in [0.15, 0.2) is 0 Å². The topological polar surface area (TPSA) is 76.8 Å². The van der Waals surface area contributed by atoms with Crippen molar-refractivity contribution in [3.8, 4) is 0 Å². The number of hydrogen-bond acceptors (Lipinski definition) is 4. The number of amides is 1. The van der Waals surface area contributed by atoms with E-state index in [0.29, 0.717) is 0 Å². The molecule has 2 N–H and O–H groups in total. The highest BCUT2D eigenvalue weighted by molar-refractivity contribution is 5.95. The molecule has 0 aliphatic heterocycles. The second-order valence-corrected chi connectivity index (χ2v) is 6.85. The van der Waals surface area contributed by atoms with Crippen molar-refractivity contribution in [2.45, 2.75) is 65.6 Å². The van der Waals surface area contributed by atoms with Crippen molar-refractivity contribution in [3.05, 3.63) is 28.8 Å². The van der Waals surface area contributed by atoms with E-state index in [1.165, 1.54) is 11.3 Å². The summed E-state index contributed by atoms with van der Waals surface area (Å²) in [5.41, 5.74) is 5.15. The third kappa shape index (κ3) is 3.33. The van der Waals surface area contributed by atoms with Crippen molar-refractivity contribution >= 4 is 11.6 Å². The van der Waals surface area contributed by atoms with Gasteiger partial charge in [0, 0.05) is 30.9 Å². The molecule has 2 heterocycles. The minimum absolute atomic E-state index is 0.0331. The Bertz CT molecular complexity index is 775. The molecule has 0 saturated heterocycles. The maximum absolute atomic E-state index is 12.6. The van der Waals surface area contributed by atoms with Gasteiger partial charge in [-0.15, -0.1) is 0 Å². The number of aromatic nitrogens is 4. The highest BCUT2D eigenvalue weighted by Gasteiger charge is 2.27. The van der Waals surface area contributed by atoms with Gasteiger partial charge in [0.05, 0.1) is 29.3 Å². The molecule has 2 aromatic rings. The van der Waals surface area contributed by atoms with E-state index in [0.717, 1.165) is 42.9 Å². The van der Waals surface area contributed by atoms with Crippen LogP contribution in [0.3, 0.4) is 0 Å². The lowest BCUT2D eigenvalue weighted by Gasteiger charge is -2.27. The summed E-state index contributed by atoms with van der Waals surface area (Å²) in [6.07, 6.45) is 5.17. The molecule has 1 aliphatic carbocycles. The first kappa shape index (κ1) is 17.7. The molecular weight excluding hydrogens is 316 g/mol. The van der Waals surface area contributed by atoms with Crippen molar-refractivity contribution in [1.82, 2.24) is 24.9 Å². The number of carbonyl (C=O) groups is 1. The van der Waals surface area contributed by atoms with Crippen molar-refractivity contribution in [2.24, 2.45) is 7.05 Å². The quantitative estimate of drug-likeness (QED) is 0.872. The Hall–Kier alpha value is -2.15. The van der Waals surface area contributed by atoms with Gasteiger partial charge in [0.1, 0.15) is 0 Å². The first-order valence-electron chi connectivity index (χ1n) is 9.04. The molecule has 2 atom stereocenters. The number of anilines is 1. The standard InChI is InChI=1S/C18H28N6O/c1-6-24-16-9-7-8-15(14(16)10-19-24)20-12(3)18(25)21-17-11(2)22-23(5)13(17)4/h10,12,15,20H,6-9H2,1-5H3,(H,21,25)/t12-,15+/m0/s1. The smallest absolute Gasteiger partial charge is 0.241 e. The Kier molecular flexibility index (Phi) is 4.94. The van der Waals surface area contributed by atoms with Crippen LogP contribution in [-0.2, 0) is 24.8 Å². The molecule has 136 valence electrons. The number of nitrogens with one attached hydrogen (secondary N) is 2. The molecule has 2 aromatic heterocycles. The second kappa shape index (κ2) is 7.00. The third-order valence-electron chi connectivity index (χ3n) is 5.16. The zero-order chi connectivity index (χ0) is 18.1. The van der Waals surface area contributed by atoms with Gasteiger partial charge in [-0.3, -0.25) is 19.5 Å². The van der Waals surface area contributed by atoms with Crippen molar-refractivity contribution in [3.63, 3.8) is 0 Å². The predicted molar refractivity (Wildman–Crippen MR) is 97.5 cm³/mol. The van der Waals surface area contributed by atoms with Crippen LogP contribution in [0.5, 0.6) is 0 Å². The lowest BCUT2D eigenvalue weighted by molar-refractivity contribution is -0.118. The van der Waals surface area contributed by atoms with Crippen LogP contribution < -0.4 is 10.6 Å². The van der Waals surface area contributed by atoms with Gasteiger partial charge in [0.2, 0.25) is 5.91 Å². The molecule has 0 unspecified atom stereocenters. The van der Waals surface area contributed by atoms with Gasteiger partial charge in [-0.05, 0) is 47.0 Å². The molecule has 0 bridgehead atoms. The van der Waals surface area contributed by atoms with Crippen LogP contribution in [-0.4, -0.2) is 31.5 Å². The van der Waals surface area contributed by atoms with Gasteiger partial charge in [-0.1, -0.05) is 0 Å². The maximum atomic E-state index is 12.6. The van der Waals surface area contributed by atoms with E-state index in [1.807, 2.05) is 34.0 Å². The van der Waals surface area contributed by atoms with E-state index < -0.39 is 0 Å². The van der Waals surface area contributed by atoms with Crippen LogP contribution in [0, 0.1) is 13.8 Å². The van der Waals surface area contributed by atoms with Gasteiger partial charge >= 0.3 is 0 Å². The molecule has 0 aromatic carbocycles. The summed E-state index contributed by atoms with van der Waals surface area (Å²) >= 11 is 0. The largest absolute Gasteiger partial charge is 0.322 e. The lowest BCUT2D eigenvalue weighted by atomic mass is 9.92. The van der Waals surface area contributed by atoms with Gasteiger partial charge < -0.3 is 5.32 Å². The fourth-order valence-electron chi connectivity index (χ4n) is 3.63. The summed E-state index contributed by atoms with van der Waals surface area (Å²) < 4.78 is 3.85. The first-order valence-corrected chi connectivity index (χ1v) is 9.04. The number of hydrogen-bond donors (Lipinski definition) is 2.